The first-order valence-electron chi connectivity index (χ1n) is 6.91. The third-order valence-corrected chi connectivity index (χ3v) is 4.49. The zero-order valence-corrected chi connectivity index (χ0v) is 14.1. The summed E-state index contributed by atoms with van der Waals surface area (Å²) < 4.78 is 5.12. The Morgan fingerprint density at radius 3 is 2.41 bits per heavy atom. The smallest absolute Gasteiger partial charge is 0.233 e. The van der Waals surface area contributed by atoms with Crippen molar-refractivity contribution in [2.24, 2.45) is 0 Å². The van der Waals surface area contributed by atoms with Crippen molar-refractivity contribution >= 4 is 29.3 Å². The van der Waals surface area contributed by atoms with Gasteiger partial charge in [0.25, 0.3) is 0 Å². The molecule has 0 fully saturated rings. The van der Waals surface area contributed by atoms with Crippen LogP contribution in [0, 0.1) is 0 Å². The number of carbonyl (C=O) groups excluding carboxylic acids is 1. The van der Waals surface area contributed by atoms with E-state index in [1.807, 2.05) is 55.5 Å². The van der Waals surface area contributed by atoms with Gasteiger partial charge in [-0.3, -0.25) is 4.79 Å². The van der Waals surface area contributed by atoms with Crippen LogP contribution >= 0.6 is 23.4 Å². The van der Waals surface area contributed by atoms with E-state index in [0.29, 0.717) is 11.6 Å². The molecule has 1 N–H and O–H groups in total. The number of hydrogen-bond donors (Lipinski definition) is 1. The highest BCUT2D eigenvalue weighted by molar-refractivity contribution is 8.00. The Hall–Kier alpha value is -1.65. The predicted molar refractivity (Wildman–Crippen MR) is 91.6 cm³/mol. The number of ether oxygens (including phenoxy) is 1. The minimum Gasteiger partial charge on any atom is -0.497 e. The van der Waals surface area contributed by atoms with Gasteiger partial charge in [0.2, 0.25) is 5.91 Å². The maximum atomic E-state index is 12.1. The van der Waals surface area contributed by atoms with Crippen molar-refractivity contribution in [3.8, 4) is 5.75 Å². The SMILES string of the molecule is COc1ccc(S[C@@H](C)C(=O)NCc2ccc(Cl)cc2)cc1. The molecule has 0 saturated heterocycles. The topological polar surface area (TPSA) is 38.3 Å². The summed E-state index contributed by atoms with van der Waals surface area (Å²) in [6.07, 6.45) is 0. The quantitative estimate of drug-likeness (QED) is 0.806. The van der Waals surface area contributed by atoms with Gasteiger partial charge in [-0.25, -0.2) is 0 Å². The first kappa shape index (κ1) is 16.7. The molecule has 2 rings (SSSR count). The minimum absolute atomic E-state index is 0.00997. The molecule has 116 valence electrons. The van der Waals surface area contributed by atoms with E-state index in [4.69, 9.17) is 16.3 Å². The van der Waals surface area contributed by atoms with Crippen LogP contribution in [0.5, 0.6) is 5.75 Å². The summed E-state index contributed by atoms with van der Waals surface area (Å²) in [6, 6.07) is 15.1. The lowest BCUT2D eigenvalue weighted by atomic mass is 10.2. The van der Waals surface area contributed by atoms with Crippen LogP contribution in [-0.2, 0) is 11.3 Å². The largest absolute Gasteiger partial charge is 0.497 e. The minimum atomic E-state index is -0.166. The third-order valence-electron chi connectivity index (χ3n) is 3.12. The molecular weight excluding hydrogens is 318 g/mol. The van der Waals surface area contributed by atoms with Crippen LogP contribution in [0.1, 0.15) is 12.5 Å². The lowest BCUT2D eigenvalue weighted by Gasteiger charge is -2.12. The summed E-state index contributed by atoms with van der Waals surface area (Å²) in [6.45, 7) is 2.40. The highest BCUT2D eigenvalue weighted by Crippen LogP contribution is 2.25. The zero-order valence-electron chi connectivity index (χ0n) is 12.5. The standard InChI is InChI=1S/C17H18ClNO2S/c1-12(22-16-9-7-15(21-2)8-10-16)17(20)19-11-13-3-5-14(18)6-4-13/h3-10,12H,11H2,1-2H3,(H,19,20)/t12-/m0/s1. The molecule has 0 aliphatic carbocycles. The maximum absolute atomic E-state index is 12.1. The first-order chi connectivity index (χ1) is 10.6. The van der Waals surface area contributed by atoms with Crippen molar-refractivity contribution < 1.29 is 9.53 Å². The number of carbonyl (C=O) groups is 1. The Balaban J connectivity index is 1.84. The molecule has 0 spiro atoms. The van der Waals surface area contributed by atoms with E-state index in [9.17, 15) is 4.79 Å². The first-order valence-corrected chi connectivity index (χ1v) is 8.17. The van der Waals surface area contributed by atoms with E-state index in [2.05, 4.69) is 5.32 Å². The van der Waals surface area contributed by atoms with Gasteiger partial charge in [-0.05, 0) is 48.9 Å². The van der Waals surface area contributed by atoms with Gasteiger partial charge >= 0.3 is 0 Å². The summed E-state index contributed by atoms with van der Waals surface area (Å²) in [7, 11) is 1.63. The van der Waals surface area contributed by atoms with E-state index < -0.39 is 0 Å². The molecule has 2 aromatic carbocycles. The number of rotatable bonds is 6. The van der Waals surface area contributed by atoms with Gasteiger partial charge in [0.05, 0.1) is 12.4 Å². The van der Waals surface area contributed by atoms with Gasteiger partial charge in [0.15, 0.2) is 0 Å². The van der Waals surface area contributed by atoms with Crippen molar-refractivity contribution in [1.29, 1.82) is 0 Å². The number of amides is 1. The molecule has 1 atom stereocenters. The molecule has 22 heavy (non-hydrogen) atoms. The highest BCUT2D eigenvalue weighted by atomic mass is 35.5. The molecule has 0 aliphatic heterocycles. The zero-order chi connectivity index (χ0) is 15.9. The summed E-state index contributed by atoms with van der Waals surface area (Å²) in [5.41, 5.74) is 1.03. The van der Waals surface area contributed by atoms with Crippen molar-refractivity contribution in [3.05, 3.63) is 59.1 Å². The van der Waals surface area contributed by atoms with Gasteiger partial charge in [-0.2, -0.15) is 0 Å². The predicted octanol–water partition coefficient (Wildman–Crippen LogP) is 4.15. The van der Waals surface area contributed by atoms with Crippen LogP contribution in [0.3, 0.4) is 0 Å². The fraction of sp³-hybridized carbons (Fsp3) is 0.235. The number of halogens is 1. The molecule has 0 unspecified atom stereocenters. The van der Waals surface area contributed by atoms with Gasteiger partial charge in [-0.1, -0.05) is 23.7 Å². The van der Waals surface area contributed by atoms with Gasteiger partial charge in [0.1, 0.15) is 5.75 Å². The summed E-state index contributed by atoms with van der Waals surface area (Å²) in [5, 5.41) is 3.46. The fourth-order valence-electron chi connectivity index (χ4n) is 1.85. The third kappa shape index (κ3) is 4.97. The molecule has 0 heterocycles. The molecule has 0 saturated carbocycles. The van der Waals surface area contributed by atoms with Crippen LogP contribution in [-0.4, -0.2) is 18.3 Å². The van der Waals surface area contributed by atoms with E-state index >= 15 is 0 Å². The lowest BCUT2D eigenvalue weighted by Crippen LogP contribution is -2.30. The average Bonchev–Trinajstić information content (AvgIpc) is 2.54. The van der Waals surface area contributed by atoms with Crippen LogP contribution in [0.4, 0.5) is 0 Å². The normalized spacial score (nSPS) is 11.8. The number of hydrogen-bond acceptors (Lipinski definition) is 3. The summed E-state index contributed by atoms with van der Waals surface area (Å²) >= 11 is 7.36. The molecule has 0 bridgehead atoms. The molecule has 5 heteroatoms. The van der Waals surface area contributed by atoms with Crippen LogP contribution in [0.2, 0.25) is 5.02 Å². The van der Waals surface area contributed by atoms with Crippen molar-refractivity contribution in [3.63, 3.8) is 0 Å². The van der Waals surface area contributed by atoms with Gasteiger partial charge in [-0.15, -0.1) is 11.8 Å². The Morgan fingerprint density at radius 1 is 1.18 bits per heavy atom. The number of nitrogens with one attached hydrogen (secondary N) is 1. The van der Waals surface area contributed by atoms with E-state index in [1.54, 1.807) is 7.11 Å². The van der Waals surface area contributed by atoms with Crippen LogP contribution in [0.25, 0.3) is 0 Å². The Kier molecular flexibility index (Phi) is 6.16. The molecule has 0 aliphatic rings. The Morgan fingerprint density at radius 2 is 1.82 bits per heavy atom. The van der Waals surface area contributed by atoms with Gasteiger partial charge in [0, 0.05) is 16.5 Å². The van der Waals surface area contributed by atoms with E-state index in [-0.39, 0.29) is 11.2 Å². The lowest BCUT2D eigenvalue weighted by molar-refractivity contribution is -0.120. The average molecular weight is 336 g/mol. The monoisotopic (exact) mass is 335 g/mol. The highest BCUT2D eigenvalue weighted by Gasteiger charge is 2.14. The number of thioether (sulfide) groups is 1. The second-order valence-corrected chi connectivity index (χ2v) is 6.63. The van der Waals surface area contributed by atoms with E-state index in [0.717, 1.165) is 16.2 Å². The second kappa shape index (κ2) is 8.11. The molecular formula is C17H18ClNO2S. The van der Waals surface area contributed by atoms with Crippen molar-refractivity contribution in [1.82, 2.24) is 5.32 Å². The summed E-state index contributed by atoms with van der Waals surface area (Å²) in [4.78, 5) is 13.2. The van der Waals surface area contributed by atoms with Crippen molar-refractivity contribution in [2.75, 3.05) is 7.11 Å². The van der Waals surface area contributed by atoms with Crippen LogP contribution < -0.4 is 10.1 Å². The number of methoxy groups -OCH3 is 1. The van der Waals surface area contributed by atoms with Gasteiger partial charge < -0.3 is 10.1 Å². The molecule has 2 aromatic rings. The Bertz CT molecular complexity index is 614. The molecule has 0 radical (unpaired) electrons. The Labute approximate surface area is 140 Å². The van der Waals surface area contributed by atoms with Crippen LogP contribution in [0.15, 0.2) is 53.4 Å². The molecule has 1 amide bonds. The molecule has 0 aromatic heterocycles. The molecule has 3 nitrogen and oxygen atoms in total. The maximum Gasteiger partial charge on any atom is 0.233 e. The summed E-state index contributed by atoms with van der Waals surface area (Å²) in [5.74, 6) is 0.819. The van der Waals surface area contributed by atoms with E-state index in [1.165, 1.54) is 11.8 Å². The second-order valence-electron chi connectivity index (χ2n) is 4.78. The number of benzene rings is 2. The van der Waals surface area contributed by atoms with Crippen molar-refractivity contribution in [2.45, 2.75) is 23.6 Å². The fourth-order valence-corrected chi connectivity index (χ4v) is 2.86.